The SMILES string of the molecule is [C-]#[N+]c1nc(N=Nc2ccc(N3CCCC3)cc2[N-]S(=O)(=O)C(F)(F)F)n(C)c1[N+]#[C-].[C-]#[N+]c1nc(N=Nc2ccc(N3CCCCC3)cc2[N-]S(=O)(=O)C(F)(F)F)n(C)c1[N+]#[C-].[Ni+2].[Ni+2]. The zero-order chi connectivity index (χ0) is 46.3. The van der Waals surface area contributed by atoms with Gasteiger partial charge in [-0.1, -0.05) is 70.0 Å². The number of aromatic nitrogens is 4. The number of rotatable bonds is 10. The van der Waals surface area contributed by atoms with Gasteiger partial charge in [0.2, 0.25) is 0 Å². The normalized spacial score (nSPS) is 14.3. The quantitative estimate of drug-likeness (QED) is 0.0645. The second kappa shape index (κ2) is 21.6. The Balaban J connectivity index is 0.000000335. The van der Waals surface area contributed by atoms with Crippen LogP contribution in [-0.4, -0.2) is 73.1 Å². The first kappa shape index (κ1) is 53.0. The molecule has 0 atom stereocenters. The van der Waals surface area contributed by atoms with E-state index in [0.29, 0.717) is 37.6 Å². The maximum Gasteiger partial charge on any atom is 2.00 e. The summed E-state index contributed by atoms with van der Waals surface area (Å²) in [5.74, 6) is -0.879. The fraction of sp³-hybridized carbons (Fsp3) is 0.371. The van der Waals surface area contributed by atoms with Crippen LogP contribution in [0.4, 0.5) is 95.6 Å². The van der Waals surface area contributed by atoms with Crippen molar-refractivity contribution in [2.75, 3.05) is 36.0 Å². The van der Waals surface area contributed by atoms with Crippen molar-refractivity contribution in [3.8, 4) is 0 Å². The van der Waals surface area contributed by atoms with Crippen molar-refractivity contribution in [3.63, 3.8) is 0 Å². The van der Waals surface area contributed by atoms with E-state index < -0.39 is 42.4 Å². The van der Waals surface area contributed by atoms with Crippen LogP contribution >= 0.6 is 0 Å². The van der Waals surface area contributed by atoms with Gasteiger partial charge in [0.1, 0.15) is 0 Å². The minimum absolute atomic E-state index is 0. The summed E-state index contributed by atoms with van der Waals surface area (Å²) >= 11 is 0. The number of piperidine rings is 1. The number of nitrogens with zero attached hydrogens (tertiary/aromatic N) is 16. The van der Waals surface area contributed by atoms with Crippen molar-refractivity contribution in [1.82, 2.24) is 19.1 Å². The first-order valence-corrected chi connectivity index (χ1v) is 20.9. The van der Waals surface area contributed by atoms with Crippen LogP contribution in [0.1, 0.15) is 32.1 Å². The van der Waals surface area contributed by atoms with Crippen LogP contribution in [0.15, 0.2) is 56.9 Å². The Bertz CT molecular complexity index is 2850. The average Bonchev–Trinajstić information content (AvgIpc) is 3.96. The van der Waals surface area contributed by atoms with Gasteiger partial charge in [0.15, 0.2) is 20.0 Å². The summed E-state index contributed by atoms with van der Waals surface area (Å²) in [6.45, 7) is 31.0. The maximum atomic E-state index is 12.9. The first-order valence-electron chi connectivity index (χ1n) is 18.0. The van der Waals surface area contributed by atoms with Gasteiger partial charge in [-0.2, -0.15) is 26.3 Å². The van der Waals surface area contributed by atoms with Gasteiger partial charge in [-0.05, 0) is 56.4 Å². The largest absolute Gasteiger partial charge is 2.00 e. The zero-order valence-corrected chi connectivity index (χ0v) is 36.9. The van der Waals surface area contributed by atoms with Gasteiger partial charge >= 0.3 is 55.9 Å². The van der Waals surface area contributed by atoms with Crippen molar-refractivity contribution in [3.05, 3.63) is 91.5 Å². The molecule has 0 amide bonds. The van der Waals surface area contributed by atoms with Gasteiger partial charge in [0, 0.05) is 37.6 Å². The summed E-state index contributed by atoms with van der Waals surface area (Å²) < 4.78 is 132. The number of anilines is 2. The third kappa shape index (κ3) is 12.3. The van der Waals surface area contributed by atoms with Crippen LogP contribution in [-0.2, 0) is 67.1 Å². The number of sulfonamides is 2. The zero-order valence-electron chi connectivity index (χ0n) is 33.3. The summed E-state index contributed by atoms with van der Waals surface area (Å²) in [5.41, 5.74) is -11.7. The molecule has 0 unspecified atom stereocenters. The summed E-state index contributed by atoms with van der Waals surface area (Å²) in [5, 5.41) is 15.2. The second-order valence-electron chi connectivity index (χ2n) is 13.2. The molecular weight excluding hydrogens is 1000 g/mol. The number of azo groups is 2. The van der Waals surface area contributed by atoms with Gasteiger partial charge in [0.25, 0.3) is 23.3 Å². The average molecular weight is 1030 g/mol. The molecule has 0 radical (unpaired) electrons. The third-order valence-electron chi connectivity index (χ3n) is 9.10. The summed E-state index contributed by atoms with van der Waals surface area (Å²) in [7, 11) is -8.79. The predicted octanol–water partition coefficient (Wildman–Crippen LogP) is 11.2. The van der Waals surface area contributed by atoms with E-state index in [9.17, 15) is 43.2 Å². The Kier molecular flexibility index (Phi) is 17.6. The molecule has 0 saturated carbocycles. The van der Waals surface area contributed by atoms with Crippen molar-refractivity contribution in [2.45, 2.75) is 43.1 Å². The number of alkyl halides is 6. The molecule has 2 aromatic heterocycles. The van der Waals surface area contributed by atoms with Gasteiger partial charge in [-0.15, -0.1) is 10.2 Å². The Morgan fingerprint density at radius 2 is 0.908 bits per heavy atom. The van der Waals surface area contributed by atoms with E-state index in [1.165, 1.54) is 47.5 Å². The topological polar surface area (TPSA) is 205 Å². The van der Waals surface area contributed by atoms with Gasteiger partial charge < -0.3 is 38.6 Å². The van der Waals surface area contributed by atoms with Crippen LogP contribution in [0.3, 0.4) is 0 Å². The van der Waals surface area contributed by atoms with Crippen LogP contribution < -0.4 is 9.80 Å². The number of hydrogen-bond donors (Lipinski definition) is 0. The van der Waals surface area contributed by atoms with Gasteiger partial charge in [0.05, 0.1) is 25.5 Å². The van der Waals surface area contributed by atoms with Crippen LogP contribution in [0, 0.1) is 26.3 Å². The van der Waals surface area contributed by atoms with Crippen LogP contribution in [0.5, 0.6) is 0 Å². The minimum Gasteiger partial charge on any atom is -0.568 e. The monoisotopic (exact) mass is 1030 g/mol. The second-order valence-corrected chi connectivity index (χ2v) is 16.4. The summed E-state index contributed by atoms with van der Waals surface area (Å²) in [6.07, 6.45) is 4.65. The van der Waals surface area contributed by atoms with E-state index in [1.807, 2.05) is 9.80 Å². The number of benzene rings is 2. The van der Waals surface area contributed by atoms with Crippen molar-refractivity contribution in [2.24, 2.45) is 34.6 Å². The molecule has 2 aliphatic heterocycles. The van der Waals surface area contributed by atoms with E-state index in [4.69, 9.17) is 26.3 Å². The van der Waals surface area contributed by atoms with Crippen LogP contribution in [0.2, 0.25) is 0 Å². The fourth-order valence-corrected chi connectivity index (χ4v) is 6.94. The molecular formula is C35H30F6N16Ni2O4S2+2. The van der Waals surface area contributed by atoms with Gasteiger partial charge in [-0.25, -0.2) is 26.0 Å². The molecule has 20 nitrogen and oxygen atoms in total. The van der Waals surface area contributed by atoms with E-state index in [0.717, 1.165) is 32.1 Å². The number of hydrogen-bond acceptors (Lipinski definition) is 12. The molecule has 0 bridgehead atoms. The molecule has 65 heavy (non-hydrogen) atoms. The van der Waals surface area contributed by atoms with E-state index in [-0.39, 0.29) is 79.5 Å². The van der Waals surface area contributed by atoms with Crippen molar-refractivity contribution >= 4 is 89.3 Å². The molecule has 4 aromatic rings. The maximum absolute atomic E-state index is 12.9. The first-order chi connectivity index (χ1) is 29.6. The molecule has 30 heteroatoms. The smallest absolute Gasteiger partial charge is 0.568 e. The third-order valence-corrected chi connectivity index (χ3v) is 11.1. The number of imidazole rings is 2. The van der Waals surface area contributed by atoms with E-state index >= 15 is 0 Å². The van der Waals surface area contributed by atoms with Crippen molar-refractivity contribution in [1.29, 1.82) is 0 Å². The Morgan fingerprint density at radius 3 is 1.20 bits per heavy atom. The Hall–Kier alpha value is -6.31. The molecule has 2 aliphatic rings. The molecule has 2 aromatic carbocycles. The Labute approximate surface area is 388 Å². The summed E-state index contributed by atoms with van der Waals surface area (Å²) in [4.78, 5) is 24.1. The van der Waals surface area contributed by atoms with Crippen molar-refractivity contribution < 1.29 is 76.2 Å². The predicted molar refractivity (Wildman–Crippen MR) is 216 cm³/mol. The molecule has 2 saturated heterocycles. The molecule has 0 N–H and O–H groups in total. The molecule has 2 fully saturated rings. The van der Waals surface area contributed by atoms with Crippen LogP contribution in [0.25, 0.3) is 28.8 Å². The molecule has 6 rings (SSSR count). The molecule has 0 spiro atoms. The summed E-state index contributed by atoms with van der Waals surface area (Å²) in [6, 6.07) is 8.20. The Morgan fingerprint density at radius 1 is 0.569 bits per heavy atom. The van der Waals surface area contributed by atoms with Gasteiger partial charge in [-0.3, -0.25) is 0 Å². The molecule has 0 aliphatic carbocycles. The molecule has 346 valence electrons. The fourth-order valence-electron chi connectivity index (χ4n) is 5.93. The van der Waals surface area contributed by atoms with E-state index in [2.05, 4.69) is 59.2 Å². The minimum atomic E-state index is -5.82. The van der Waals surface area contributed by atoms with E-state index in [1.54, 1.807) is 12.1 Å². The number of halogens is 6. The standard InChI is InChI=1S/C18H16F3N8O2S.C17H14F3N8O2S.2Ni/c1-22-15-16(23-2)28(3)17(24-15)26-25-13-8-7-12(29-9-5-4-6-10-29)11-14(13)27-32(30,31)18(19,20)21;1-21-14-15(22-2)27(3)16(23-14)25-24-12-7-6-11(28-8-4-5-9-28)10-13(12)26-31(29,30)17(18,19)20;;/h7-8,11H,4-6,9-10H2,3H3;6-7,10H,4-5,8-9H2,3H3;;/q2*-1;2*+2. The molecule has 4 heterocycles.